The molecular weight excluding hydrogens is 410 g/mol. The maximum Gasteiger partial charge on any atom is 0.276 e. The van der Waals surface area contributed by atoms with Gasteiger partial charge in [-0.1, -0.05) is 5.16 Å². The smallest absolute Gasteiger partial charge is 0.276 e. The van der Waals surface area contributed by atoms with Crippen molar-refractivity contribution in [3.8, 4) is 11.5 Å². The van der Waals surface area contributed by atoms with Crippen molar-refractivity contribution in [2.75, 3.05) is 26.2 Å². The molecule has 4 heterocycles. The van der Waals surface area contributed by atoms with Crippen LogP contribution < -0.4 is 0 Å². The lowest BCUT2D eigenvalue weighted by Gasteiger charge is -2.21. The van der Waals surface area contributed by atoms with E-state index in [-0.39, 0.29) is 29.6 Å². The summed E-state index contributed by atoms with van der Waals surface area (Å²) in [7, 11) is -1.98. The minimum atomic E-state index is -3.70. The molecule has 0 saturated carbocycles. The zero-order valence-electron chi connectivity index (χ0n) is 17.0. The zero-order chi connectivity index (χ0) is 21.5. The average molecular weight is 433 g/mol. The lowest BCUT2D eigenvalue weighted by molar-refractivity contribution is 0.0754. The Morgan fingerprint density at radius 3 is 2.60 bits per heavy atom. The van der Waals surface area contributed by atoms with Crippen molar-refractivity contribution in [1.82, 2.24) is 24.1 Å². The van der Waals surface area contributed by atoms with Crippen LogP contribution in [0.4, 0.5) is 0 Å². The van der Waals surface area contributed by atoms with Crippen molar-refractivity contribution < 1.29 is 22.2 Å². The Morgan fingerprint density at radius 2 is 1.93 bits per heavy atom. The van der Waals surface area contributed by atoms with Crippen molar-refractivity contribution in [3.05, 3.63) is 41.5 Å². The molecule has 0 N–H and O–H groups in total. The van der Waals surface area contributed by atoms with Gasteiger partial charge in [0.1, 0.15) is 4.90 Å². The molecule has 0 radical (unpaired) electrons. The highest BCUT2D eigenvalue weighted by molar-refractivity contribution is 7.89. The van der Waals surface area contributed by atoms with Crippen LogP contribution in [0, 0.1) is 13.8 Å². The average Bonchev–Trinajstić information content (AvgIpc) is 3.39. The first-order valence-corrected chi connectivity index (χ1v) is 11.0. The number of nitrogens with zero attached hydrogens (tertiary/aromatic N) is 5. The molecule has 11 heteroatoms. The van der Waals surface area contributed by atoms with Crippen LogP contribution in [-0.2, 0) is 17.1 Å². The highest BCUT2D eigenvalue weighted by Crippen LogP contribution is 2.25. The fraction of sp³-hybridized carbons (Fsp3) is 0.421. The summed E-state index contributed by atoms with van der Waals surface area (Å²) in [6.07, 6.45) is 2.03. The number of rotatable bonds is 4. The second-order valence-corrected chi connectivity index (χ2v) is 9.10. The molecule has 3 aromatic heterocycles. The highest BCUT2D eigenvalue weighted by Gasteiger charge is 2.33. The van der Waals surface area contributed by atoms with Gasteiger partial charge >= 0.3 is 0 Å². The van der Waals surface area contributed by atoms with Crippen LogP contribution in [-0.4, -0.2) is 64.6 Å². The number of amides is 1. The van der Waals surface area contributed by atoms with Gasteiger partial charge in [0.05, 0.1) is 17.7 Å². The SMILES string of the molecule is Cc1nn(C)c(C)c1S(=O)(=O)N1CCCN(C(=O)c2cc(-c3ccco3)on2)CC1. The summed E-state index contributed by atoms with van der Waals surface area (Å²) in [5.41, 5.74) is 1.23. The summed E-state index contributed by atoms with van der Waals surface area (Å²) in [5, 5.41) is 8.07. The summed E-state index contributed by atoms with van der Waals surface area (Å²) in [6.45, 7) is 4.65. The number of furan rings is 1. The molecule has 0 aromatic carbocycles. The Bertz CT molecular complexity index is 1160. The molecule has 0 atom stereocenters. The predicted octanol–water partition coefficient (Wildman–Crippen LogP) is 1.82. The van der Waals surface area contributed by atoms with Crippen LogP contribution in [0.1, 0.15) is 28.3 Å². The molecule has 3 aromatic rings. The zero-order valence-corrected chi connectivity index (χ0v) is 17.8. The van der Waals surface area contributed by atoms with E-state index in [1.807, 2.05) is 0 Å². The van der Waals surface area contributed by atoms with Crippen LogP contribution in [0.25, 0.3) is 11.5 Å². The molecule has 30 heavy (non-hydrogen) atoms. The number of carbonyl (C=O) groups is 1. The van der Waals surface area contributed by atoms with Crippen molar-refractivity contribution in [1.29, 1.82) is 0 Å². The summed E-state index contributed by atoms with van der Waals surface area (Å²) in [6, 6.07) is 4.96. The summed E-state index contributed by atoms with van der Waals surface area (Å²) in [5.74, 6) is 0.548. The van der Waals surface area contributed by atoms with E-state index in [1.54, 1.807) is 42.6 Å². The number of hydrogen-bond acceptors (Lipinski definition) is 7. The van der Waals surface area contributed by atoms with Crippen molar-refractivity contribution in [3.63, 3.8) is 0 Å². The third-order valence-corrected chi connectivity index (χ3v) is 7.43. The van der Waals surface area contributed by atoms with E-state index < -0.39 is 10.0 Å². The highest BCUT2D eigenvalue weighted by atomic mass is 32.2. The van der Waals surface area contributed by atoms with Gasteiger partial charge in [-0.3, -0.25) is 9.48 Å². The van der Waals surface area contributed by atoms with E-state index in [1.165, 1.54) is 16.6 Å². The number of sulfonamides is 1. The third kappa shape index (κ3) is 3.54. The molecule has 1 saturated heterocycles. The monoisotopic (exact) mass is 433 g/mol. The van der Waals surface area contributed by atoms with E-state index in [4.69, 9.17) is 8.94 Å². The van der Waals surface area contributed by atoms with Gasteiger partial charge in [0, 0.05) is 39.3 Å². The van der Waals surface area contributed by atoms with Gasteiger partial charge in [0.15, 0.2) is 11.5 Å². The van der Waals surface area contributed by atoms with Gasteiger partial charge in [-0.05, 0) is 32.4 Å². The standard InChI is InChI=1S/C19H23N5O5S/c1-13-18(14(2)22(3)20-13)30(26,27)24-8-5-7-23(9-10-24)19(25)15-12-17(29-21-15)16-6-4-11-28-16/h4,6,11-12H,5,7-10H2,1-3H3. The first kappa shape index (κ1) is 20.4. The Morgan fingerprint density at radius 1 is 1.13 bits per heavy atom. The maximum absolute atomic E-state index is 13.2. The van der Waals surface area contributed by atoms with Gasteiger partial charge in [0.25, 0.3) is 5.91 Å². The molecular formula is C19H23N5O5S. The molecule has 10 nitrogen and oxygen atoms in total. The molecule has 0 unspecified atom stereocenters. The lowest BCUT2D eigenvalue weighted by Crippen LogP contribution is -2.37. The first-order valence-electron chi connectivity index (χ1n) is 9.59. The fourth-order valence-corrected chi connectivity index (χ4v) is 5.54. The Kier molecular flexibility index (Phi) is 5.24. The van der Waals surface area contributed by atoms with Crippen LogP contribution in [0.15, 0.2) is 38.3 Å². The molecule has 1 aliphatic rings. The quantitative estimate of drug-likeness (QED) is 0.616. The van der Waals surface area contributed by atoms with Gasteiger partial charge in [-0.25, -0.2) is 8.42 Å². The minimum Gasteiger partial charge on any atom is -0.461 e. The van der Waals surface area contributed by atoms with E-state index in [0.717, 1.165) is 0 Å². The molecule has 0 bridgehead atoms. The second-order valence-electron chi connectivity index (χ2n) is 7.23. The van der Waals surface area contributed by atoms with Crippen LogP contribution >= 0.6 is 0 Å². The van der Waals surface area contributed by atoms with Crippen molar-refractivity contribution in [2.45, 2.75) is 25.2 Å². The molecule has 0 spiro atoms. The third-order valence-electron chi connectivity index (χ3n) is 5.28. The van der Waals surface area contributed by atoms with E-state index >= 15 is 0 Å². The van der Waals surface area contributed by atoms with Crippen LogP contribution in [0.5, 0.6) is 0 Å². The molecule has 1 fully saturated rings. The van der Waals surface area contributed by atoms with Crippen LogP contribution in [0.3, 0.4) is 0 Å². The summed E-state index contributed by atoms with van der Waals surface area (Å²) < 4.78 is 39.9. The maximum atomic E-state index is 13.2. The fourth-order valence-electron chi connectivity index (χ4n) is 3.67. The first-order chi connectivity index (χ1) is 14.3. The van der Waals surface area contributed by atoms with E-state index in [0.29, 0.717) is 42.4 Å². The number of aryl methyl sites for hydroxylation is 2. The Balaban J connectivity index is 1.49. The minimum absolute atomic E-state index is 0.164. The molecule has 1 aliphatic heterocycles. The molecule has 0 aliphatic carbocycles. The van der Waals surface area contributed by atoms with Gasteiger partial charge in [-0.2, -0.15) is 9.40 Å². The van der Waals surface area contributed by atoms with E-state index in [9.17, 15) is 13.2 Å². The Labute approximate surface area is 174 Å². The normalized spacial score (nSPS) is 16.0. The summed E-state index contributed by atoms with van der Waals surface area (Å²) in [4.78, 5) is 14.7. The van der Waals surface area contributed by atoms with Gasteiger partial charge in [0.2, 0.25) is 15.8 Å². The van der Waals surface area contributed by atoms with Crippen LogP contribution in [0.2, 0.25) is 0 Å². The predicted molar refractivity (Wildman–Crippen MR) is 106 cm³/mol. The lowest BCUT2D eigenvalue weighted by atomic mass is 10.3. The number of carbonyl (C=O) groups excluding carboxylic acids is 1. The van der Waals surface area contributed by atoms with Crippen molar-refractivity contribution in [2.24, 2.45) is 7.05 Å². The van der Waals surface area contributed by atoms with Gasteiger partial charge < -0.3 is 13.8 Å². The topological polar surface area (TPSA) is 115 Å². The Hall–Kier alpha value is -2.92. The molecule has 160 valence electrons. The number of aromatic nitrogens is 3. The van der Waals surface area contributed by atoms with E-state index in [2.05, 4.69) is 10.3 Å². The second kappa shape index (κ2) is 7.73. The largest absolute Gasteiger partial charge is 0.461 e. The van der Waals surface area contributed by atoms with Crippen molar-refractivity contribution >= 4 is 15.9 Å². The molecule has 1 amide bonds. The number of hydrogen-bond donors (Lipinski definition) is 0. The molecule has 4 rings (SSSR count). The van der Waals surface area contributed by atoms with Gasteiger partial charge in [-0.15, -0.1) is 0 Å². The summed E-state index contributed by atoms with van der Waals surface area (Å²) >= 11 is 0.